The van der Waals surface area contributed by atoms with Crippen LogP contribution in [0.15, 0.2) is 0 Å². The second-order valence-corrected chi connectivity index (χ2v) is 5.23. The number of rotatable bonds is 3. The number of hydrogen-bond donors (Lipinski definition) is 2. The Morgan fingerprint density at radius 3 is 2.94 bits per heavy atom. The van der Waals surface area contributed by atoms with Crippen molar-refractivity contribution in [3.63, 3.8) is 0 Å². The molecule has 0 aromatic rings. The second-order valence-electron chi connectivity index (χ2n) is 5.23. The van der Waals surface area contributed by atoms with Crippen molar-refractivity contribution in [1.29, 1.82) is 0 Å². The van der Waals surface area contributed by atoms with Gasteiger partial charge in [0, 0.05) is 19.2 Å². The molecular weight excluding hydrogens is 216 g/mol. The van der Waals surface area contributed by atoms with Gasteiger partial charge in [0.1, 0.15) is 0 Å². The first-order valence-electron chi connectivity index (χ1n) is 6.90. The molecule has 2 aliphatic rings. The summed E-state index contributed by atoms with van der Waals surface area (Å²) in [5, 5.41) is 6.41. The molecule has 3 unspecified atom stereocenters. The van der Waals surface area contributed by atoms with Gasteiger partial charge in [-0.2, -0.15) is 0 Å². The van der Waals surface area contributed by atoms with Crippen LogP contribution >= 0.6 is 0 Å². The molecule has 2 N–H and O–H groups in total. The number of ether oxygens (including phenoxy) is 1. The third kappa shape index (κ3) is 3.68. The van der Waals surface area contributed by atoms with Gasteiger partial charge in [-0.15, -0.1) is 0 Å². The van der Waals surface area contributed by atoms with Crippen molar-refractivity contribution in [2.24, 2.45) is 5.92 Å². The van der Waals surface area contributed by atoms with E-state index in [9.17, 15) is 4.79 Å². The van der Waals surface area contributed by atoms with Crippen LogP contribution in [0.3, 0.4) is 0 Å². The minimum absolute atomic E-state index is 0.132. The maximum atomic E-state index is 12.0. The van der Waals surface area contributed by atoms with Crippen LogP contribution in [-0.2, 0) is 9.53 Å². The first-order chi connectivity index (χ1) is 8.27. The zero-order chi connectivity index (χ0) is 12.1. The molecule has 2 heterocycles. The molecule has 2 fully saturated rings. The van der Waals surface area contributed by atoms with Gasteiger partial charge >= 0.3 is 0 Å². The van der Waals surface area contributed by atoms with Crippen molar-refractivity contribution in [3.05, 3.63) is 0 Å². The molecule has 4 nitrogen and oxygen atoms in total. The van der Waals surface area contributed by atoms with Crippen LogP contribution in [0.4, 0.5) is 0 Å². The summed E-state index contributed by atoms with van der Waals surface area (Å²) in [4.78, 5) is 12.0. The first kappa shape index (κ1) is 12.8. The minimum Gasteiger partial charge on any atom is -0.376 e. The zero-order valence-electron chi connectivity index (χ0n) is 10.7. The molecule has 0 aromatic heterocycles. The number of carbonyl (C=O) groups excluding carboxylic acids is 1. The fraction of sp³-hybridized carbons (Fsp3) is 0.923. The SMILES string of the molecule is CC1NCCCC1C(=O)NCC1CCCCO1. The van der Waals surface area contributed by atoms with Crippen LogP contribution in [-0.4, -0.2) is 37.7 Å². The van der Waals surface area contributed by atoms with E-state index in [1.807, 2.05) is 0 Å². The summed E-state index contributed by atoms with van der Waals surface area (Å²) in [6, 6.07) is 0.302. The van der Waals surface area contributed by atoms with Crippen molar-refractivity contribution < 1.29 is 9.53 Å². The molecule has 2 saturated heterocycles. The molecule has 3 atom stereocenters. The standard InChI is InChI=1S/C13H24N2O2/c1-10-12(6-4-7-14-10)13(16)15-9-11-5-2-3-8-17-11/h10-12,14H,2-9H2,1H3,(H,15,16). The Balaban J connectivity index is 1.72. The van der Waals surface area contributed by atoms with Gasteiger partial charge in [-0.1, -0.05) is 0 Å². The van der Waals surface area contributed by atoms with E-state index in [0.29, 0.717) is 12.6 Å². The maximum absolute atomic E-state index is 12.0. The lowest BCUT2D eigenvalue weighted by atomic mass is 9.91. The molecule has 98 valence electrons. The molecule has 4 heteroatoms. The summed E-state index contributed by atoms with van der Waals surface area (Å²) < 4.78 is 5.61. The summed E-state index contributed by atoms with van der Waals surface area (Å²) >= 11 is 0. The fourth-order valence-corrected chi connectivity index (χ4v) is 2.72. The highest BCUT2D eigenvalue weighted by Crippen LogP contribution is 2.17. The van der Waals surface area contributed by atoms with Crippen LogP contribution in [0.25, 0.3) is 0 Å². The highest BCUT2D eigenvalue weighted by Gasteiger charge is 2.27. The van der Waals surface area contributed by atoms with Crippen molar-refractivity contribution in [2.75, 3.05) is 19.7 Å². The van der Waals surface area contributed by atoms with Crippen LogP contribution in [0.1, 0.15) is 39.0 Å². The fourth-order valence-electron chi connectivity index (χ4n) is 2.72. The van der Waals surface area contributed by atoms with Gasteiger partial charge in [0.05, 0.1) is 12.0 Å². The van der Waals surface area contributed by atoms with Crippen LogP contribution in [0.2, 0.25) is 0 Å². The number of nitrogens with one attached hydrogen (secondary N) is 2. The van der Waals surface area contributed by atoms with E-state index in [2.05, 4.69) is 17.6 Å². The second kappa shape index (κ2) is 6.36. The highest BCUT2D eigenvalue weighted by molar-refractivity contribution is 5.79. The third-order valence-electron chi connectivity index (χ3n) is 3.88. The number of carbonyl (C=O) groups is 1. The number of amides is 1. The molecule has 0 saturated carbocycles. The number of hydrogen-bond acceptors (Lipinski definition) is 3. The van der Waals surface area contributed by atoms with Gasteiger partial charge in [0.25, 0.3) is 0 Å². The van der Waals surface area contributed by atoms with Crippen LogP contribution < -0.4 is 10.6 Å². The Morgan fingerprint density at radius 1 is 1.35 bits per heavy atom. The largest absolute Gasteiger partial charge is 0.376 e. The molecule has 2 rings (SSSR count). The lowest BCUT2D eigenvalue weighted by molar-refractivity contribution is -0.127. The average Bonchev–Trinajstić information content (AvgIpc) is 2.38. The smallest absolute Gasteiger partial charge is 0.224 e. The zero-order valence-corrected chi connectivity index (χ0v) is 10.7. The monoisotopic (exact) mass is 240 g/mol. The normalized spacial score (nSPS) is 34.3. The molecule has 0 bridgehead atoms. The quantitative estimate of drug-likeness (QED) is 0.775. The number of piperidine rings is 1. The predicted octanol–water partition coefficient (Wildman–Crippen LogP) is 1.06. The van der Waals surface area contributed by atoms with E-state index in [0.717, 1.165) is 38.8 Å². The summed E-state index contributed by atoms with van der Waals surface area (Å²) in [6.07, 6.45) is 5.81. The van der Waals surface area contributed by atoms with Crippen LogP contribution in [0, 0.1) is 5.92 Å². The van der Waals surface area contributed by atoms with Crippen molar-refractivity contribution in [1.82, 2.24) is 10.6 Å². The Hall–Kier alpha value is -0.610. The van der Waals surface area contributed by atoms with E-state index in [4.69, 9.17) is 4.74 Å². The van der Waals surface area contributed by atoms with Gasteiger partial charge in [0.2, 0.25) is 5.91 Å². The van der Waals surface area contributed by atoms with Gasteiger partial charge < -0.3 is 15.4 Å². The van der Waals surface area contributed by atoms with Gasteiger partial charge in [-0.3, -0.25) is 4.79 Å². The Kier molecular flexibility index (Phi) is 4.80. The van der Waals surface area contributed by atoms with Crippen molar-refractivity contribution in [3.8, 4) is 0 Å². The minimum atomic E-state index is 0.132. The summed E-state index contributed by atoms with van der Waals surface area (Å²) in [6.45, 7) is 4.67. The van der Waals surface area contributed by atoms with E-state index in [1.165, 1.54) is 6.42 Å². The van der Waals surface area contributed by atoms with Gasteiger partial charge in [0.15, 0.2) is 0 Å². The van der Waals surface area contributed by atoms with Crippen molar-refractivity contribution in [2.45, 2.75) is 51.2 Å². The Morgan fingerprint density at radius 2 is 2.24 bits per heavy atom. The third-order valence-corrected chi connectivity index (χ3v) is 3.88. The molecule has 0 aliphatic carbocycles. The maximum Gasteiger partial charge on any atom is 0.224 e. The molecule has 17 heavy (non-hydrogen) atoms. The molecule has 0 spiro atoms. The van der Waals surface area contributed by atoms with E-state index in [-0.39, 0.29) is 17.9 Å². The molecule has 1 amide bonds. The van der Waals surface area contributed by atoms with Gasteiger partial charge in [-0.25, -0.2) is 0 Å². The predicted molar refractivity (Wildman–Crippen MR) is 66.8 cm³/mol. The van der Waals surface area contributed by atoms with E-state index in [1.54, 1.807) is 0 Å². The highest BCUT2D eigenvalue weighted by atomic mass is 16.5. The first-order valence-corrected chi connectivity index (χ1v) is 6.90. The Bertz CT molecular complexity index is 252. The summed E-state index contributed by atoms with van der Waals surface area (Å²) in [7, 11) is 0. The van der Waals surface area contributed by atoms with Crippen molar-refractivity contribution >= 4 is 5.91 Å². The molecular formula is C13H24N2O2. The Labute approximate surface area is 103 Å². The van der Waals surface area contributed by atoms with E-state index < -0.39 is 0 Å². The van der Waals surface area contributed by atoms with Gasteiger partial charge in [-0.05, 0) is 45.6 Å². The topological polar surface area (TPSA) is 50.4 Å². The lowest BCUT2D eigenvalue weighted by Crippen LogP contribution is -2.48. The average molecular weight is 240 g/mol. The van der Waals surface area contributed by atoms with E-state index >= 15 is 0 Å². The molecule has 0 aromatic carbocycles. The summed E-state index contributed by atoms with van der Waals surface area (Å²) in [5.41, 5.74) is 0. The molecule has 0 radical (unpaired) electrons. The molecule has 2 aliphatic heterocycles. The lowest BCUT2D eigenvalue weighted by Gasteiger charge is -2.30. The van der Waals surface area contributed by atoms with Crippen LogP contribution in [0.5, 0.6) is 0 Å². The summed E-state index contributed by atoms with van der Waals surface area (Å²) in [5.74, 6) is 0.325.